The van der Waals surface area contributed by atoms with Crippen molar-refractivity contribution < 1.29 is 9.53 Å². The van der Waals surface area contributed by atoms with Gasteiger partial charge in [0, 0.05) is 6.04 Å². The molecule has 0 aliphatic heterocycles. The maximum Gasteiger partial charge on any atom is 0.322 e. The van der Waals surface area contributed by atoms with Crippen LogP contribution in [-0.2, 0) is 9.53 Å². The number of esters is 1. The van der Waals surface area contributed by atoms with E-state index in [0.717, 1.165) is 19.3 Å². The number of hydrogen-bond acceptors (Lipinski definition) is 3. The molecule has 0 aromatic rings. The van der Waals surface area contributed by atoms with Crippen LogP contribution in [0.15, 0.2) is 0 Å². The summed E-state index contributed by atoms with van der Waals surface area (Å²) in [6, 6.07) is 0.242. The molecule has 84 valence electrons. The van der Waals surface area contributed by atoms with Crippen LogP contribution >= 0.6 is 0 Å². The van der Waals surface area contributed by atoms with Crippen molar-refractivity contribution in [3.05, 3.63) is 0 Å². The van der Waals surface area contributed by atoms with Gasteiger partial charge in [0.05, 0.1) is 6.61 Å². The quantitative estimate of drug-likeness (QED) is 0.641. The molecule has 2 unspecified atom stereocenters. The Balaban J connectivity index is 3.88. The maximum atomic E-state index is 11.3. The van der Waals surface area contributed by atoms with Gasteiger partial charge in [-0.1, -0.05) is 20.3 Å². The van der Waals surface area contributed by atoms with Gasteiger partial charge >= 0.3 is 5.97 Å². The molecule has 0 fully saturated rings. The lowest BCUT2D eigenvalue weighted by Gasteiger charge is -2.20. The van der Waals surface area contributed by atoms with Crippen molar-refractivity contribution in [2.45, 2.75) is 59.0 Å². The first-order valence-corrected chi connectivity index (χ1v) is 5.58. The smallest absolute Gasteiger partial charge is 0.322 e. The number of carbonyl (C=O) groups excluding carboxylic acids is 1. The zero-order chi connectivity index (χ0) is 11.0. The molecule has 0 rings (SSSR count). The third-order valence-corrected chi connectivity index (χ3v) is 2.26. The highest BCUT2D eigenvalue weighted by molar-refractivity contribution is 5.75. The normalized spacial score (nSPS) is 14.9. The van der Waals surface area contributed by atoms with Gasteiger partial charge in [0.1, 0.15) is 6.04 Å². The Morgan fingerprint density at radius 2 is 2.00 bits per heavy atom. The summed E-state index contributed by atoms with van der Waals surface area (Å²) in [6.45, 7) is 8.42. The molecule has 0 saturated carbocycles. The van der Waals surface area contributed by atoms with Crippen LogP contribution in [0, 0.1) is 0 Å². The van der Waals surface area contributed by atoms with Crippen LogP contribution in [0.3, 0.4) is 0 Å². The maximum absolute atomic E-state index is 11.3. The molecular formula is C11H23NO2. The topological polar surface area (TPSA) is 38.3 Å². The summed E-state index contributed by atoms with van der Waals surface area (Å²) >= 11 is 0. The molecule has 0 aliphatic carbocycles. The minimum absolute atomic E-state index is 0.151. The largest absolute Gasteiger partial charge is 0.465 e. The van der Waals surface area contributed by atoms with Gasteiger partial charge in [-0.3, -0.25) is 4.79 Å². The van der Waals surface area contributed by atoms with Crippen LogP contribution in [-0.4, -0.2) is 24.7 Å². The zero-order valence-electron chi connectivity index (χ0n) is 9.80. The molecule has 0 aliphatic rings. The Morgan fingerprint density at radius 1 is 1.36 bits per heavy atom. The van der Waals surface area contributed by atoms with Crippen molar-refractivity contribution in [3.63, 3.8) is 0 Å². The molecule has 3 heteroatoms. The second-order valence-corrected chi connectivity index (χ2v) is 3.53. The van der Waals surface area contributed by atoms with E-state index in [0.29, 0.717) is 12.6 Å². The first-order valence-electron chi connectivity index (χ1n) is 5.58. The SMILES string of the molecule is CCCC(CC)NC(C)C(=O)OCC. The lowest BCUT2D eigenvalue weighted by molar-refractivity contribution is -0.145. The second-order valence-electron chi connectivity index (χ2n) is 3.53. The molecule has 1 N–H and O–H groups in total. The molecule has 0 aromatic carbocycles. The van der Waals surface area contributed by atoms with E-state index in [-0.39, 0.29) is 12.0 Å². The molecule has 14 heavy (non-hydrogen) atoms. The Kier molecular flexibility index (Phi) is 7.48. The first-order chi connectivity index (χ1) is 6.65. The molecule has 0 bridgehead atoms. The molecule has 3 nitrogen and oxygen atoms in total. The number of ether oxygens (including phenoxy) is 1. The summed E-state index contributed by atoms with van der Waals surface area (Å²) in [6.07, 6.45) is 3.30. The standard InChI is InChI=1S/C11H23NO2/c1-5-8-10(6-2)12-9(4)11(13)14-7-3/h9-10,12H,5-8H2,1-4H3. The van der Waals surface area contributed by atoms with E-state index >= 15 is 0 Å². The monoisotopic (exact) mass is 201 g/mol. The van der Waals surface area contributed by atoms with Crippen molar-refractivity contribution in [1.29, 1.82) is 0 Å². The fourth-order valence-corrected chi connectivity index (χ4v) is 1.44. The Morgan fingerprint density at radius 3 is 2.43 bits per heavy atom. The Bertz CT molecular complexity index is 159. The van der Waals surface area contributed by atoms with Crippen LogP contribution < -0.4 is 5.32 Å². The van der Waals surface area contributed by atoms with Gasteiger partial charge in [-0.15, -0.1) is 0 Å². The first kappa shape index (κ1) is 13.4. The van der Waals surface area contributed by atoms with Gasteiger partial charge in [-0.05, 0) is 26.7 Å². The second kappa shape index (κ2) is 7.80. The highest BCUT2D eigenvalue weighted by Crippen LogP contribution is 2.03. The summed E-state index contributed by atoms with van der Waals surface area (Å²) in [5, 5.41) is 3.28. The average molecular weight is 201 g/mol. The van der Waals surface area contributed by atoms with Gasteiger partial charge in [0.2, 0.25) is 0 Å². The van der Waals surface area contributed by atoms with E-state index in [4.69, 9.17) is 4.74 Å². The van der Waals surface area contributed by atoms with E-state index in [9.17, 15) is 4.79 Å². The van der Waals surface area contributed by atoms with Crippen molar-refractivity contribution >= 4 is 5.97 Å². The Hall–Kier alpha value is -0.570. The van der Waals surface area contributed by atoms with E-state index in [2.05, 4.69) is 19.2 Å². The third-order valence-electron chi connectivity index (χ3n) is 2.26. The van der Waals surface area contributed by atoms with Crippen LogP contribution in [0.25, 0.3) is 0 Å². The van der Waals surface area contributed by atoms with Gasteiger partial charge in [0.15, 0.2) is 0 Å². The van der Waals surface area contributed by atoms with E-state index < -0.39 is 0 Å². The summed E-state index contributed by atoms with van der Waals surface area (Å²) in [7, 11) is 0. The third kappa shape index (κ3) is 5.22. The molecular weight excluding hydrogens is 178 g/mol. The number of carbonyl (C=O) groups is 1. The van der Waals surface area contributed by atoms with Crippen molar-refractivity contribution in [2.24, 2.45) is 0 Å². The average Bonchev–Trinajstić information content (AvgIpc) is 2.17. The summed E-state index contributed by atoms with van der Waals surface area (Å²) in [4.78, 5) is 11.3. The van der Waals surface area contributed by atoms with Gasteiger partial charge in [-0.25, -0.2) is 0 Å². The number of nitrogens with one attached hydrogen (secondary N) is 1. The van der Waals surface area contributed by atoms with Crippen LogP contribution in [0.1, 0.15) is 47.0 Å². The summed E-state index contributed by atoms with van der Waals surface area (Å²) < 4.78 is 4.93. The molecule has 0 amide bonds. The van der Waals surface area contributed by atoms with E-state index in [1.54, 1.807) is 0 Å². The van der Waals surface area contributed by atoms with Crippen LogP contribution in [0.4, 0.5) is 0 Å². The fraction of sp³-hybridized carbons (Fsp3) is 0.909. The zero-order valence-corrected chi connectivity index (χ0v) is 9.80. The molecule has 0 heterocycles. The van der Waals surface area contributed by atoms with Crippen LogP contribution in [0.5, 0.6) is 0 Å². The van der Waals surface area contributed by atoms with E-state index in [1.807, 2.05) is 13.8 Å². The van der Waals surface area contributed by atoms with Gasteiger partial charge in [-0.2, -0.15) is 0 Å². The highest BCUT2D eigenvalue weighted by atomic mass is 16.5. The summed E-state index contributed by atoms with van der Waals surface area (Å²) in [5.74, 6) is -0.151. The van der Waals surface area contributed by atoms with Crippen LogP contribution in [0.2, 0.25) is 0 Å². The predicted octanol–water partition coefficient (Wildman–Crippen LogP) is 2.11. The molecule has 0 aromatic heterocycles. The molecule has 2 atom stereocenters. The Labute approximate surface area is 87.2 Å². The predicted molar refractivity (Wildman–Crippen MR) is 58.2 cm³/mol. The minimum atomic E-state index is -0.188. The number of hydrogen-bond donors (Lipinski definition) is 1. The van der Waals surface area contributed by atoms with Gasteiger partial charge in [0.25, 0.3) is 0 Å². The van der Waals surface area contributed by atoms with Crippen molar-refractivity contribution in [2.75, 3.05) is 6.61 Å². The number of rotatable bonds is 7. The molecule has 0 radical (unpaired) electrons. The fourth-order valence-electron chi connectivity index (χ4n) is 1.44. The van der Waals surface area contributed by atoms with Gasteiger partial charge < -0.3 is 10.1 Å². The summed E-state index contributed by atoms with van der Waals surface area (Å²) in [5.41, 5.74) is 0. The van der Waals surface area contributed by atoms with Crippen molar-refractivity contribution in [3.8, 4) is 0 Å². The van der Waals surface area contributed by atoms with E-state index in [1.165, 1.54) is 0 Å². The molecule has 0 spiro atoms. The van der Waals surface area contributed by atoms with Crippen molar-refractivity contribution in [1.82, 2.24) is 5.32 Å². The highest BCUT2D eigenvalue weighted by Gasteiger charge is 2.16. The minimum Gasteiger partial charge on any atom is -0.465 e. The lowest BCUT2D eigenvalue weighted by atomic mass is 10.1. The lowest BCUT2D eigenvalue weighted by Crippen LogP contribution is -2.41. The molecule has 0 saturated heterocycles.